The van der Waals surface area contributed by atoms with E-state index in [2.05, 4.69) is 16.0 Å². The molecule has 0 atom stereocenters. The Morgan fingerprint density at radius 1 is 0.889 bits per heavy atom. The first kappa shape index (κ1) is 17.1. The van der Waals surface area contributed by atoms with Crippen molar-refractivity contribution in [1.29, 1.82) is 0 Å². The number of amides is 3. The lowest BCUT2D eigenvalue weighted by Crippen LogP contribution is -2.19. The van der Waals surface area contributed by atoms with Gasteiger partial charge in [0.2, 0.25) is 0 Å². The number of hydrogen-bond donors (Lipinski definition) is 3. The lowest BCUT2D eigenvalue weighted by molar-refractivity contribution is 0.0965. The SMILES string of the molecule is O=C(Nc1ccc(-c2cccc3c2CNC3=O)cc1)Nc1ccccc1Cl. The maximum atomic E-state index is 12.2. The van der Waals surface area contributed by atoms with E-state index in [1.165, 1.54) is 0 Å². The molecule has 0 aliphatic carbocycles. The smallest absolute Gasteiger partial charge is 0.323 e. The van der Waals surface area contributed by atoms with E-state index in [0.717, 1.165) is 16.7 Å². The second-order valence-corrected chi connectivity index (χ2v) is 6.56. The number of carbonyl (C=O) groups is 2. The number of carbonyl (C=O) groups excluding carboxylic acids is 2. The minimum atomic E-state index is -0.369. The molecule has 3 aromatic carbocycles. The zero-order valence-corrected chi connectivity index (χ0v) is 15.0. The number of para-hydroxylation sites is 1. The highest BCUT2D eigenvalue weighted by atomic mass is 35.5. The predicted octanol–water partition coefficient (Wildman–Crippen LogP) is 4.89. The molecule has 0 fully saturated rings. The van der Waals surface area contributed by atoms with E-state index >= 15 is 0 Å². The Morgan fingerprint density at radius 3 is 2.41 bits per heavy atom. The molecule has 1 aliphatic rings. The Labute approximate surface area is 161 Å². The van der Waals surface area contributed by atoms with Gasteiger partial charge in [-0.2, -0.15) is 0 Å². The molecule has 0 spiro atoms. The van der Waals surface area contributed by atoms with Crippen molar-refractivity contribution in [1.82, 2.24) is 5.32 Å². The second-order valence-electron chi connectivity index (χ2n) is 6.15. The molecule has 3 N–H and O–H groups in total. The number of rotatable bonds is 3. The van der Waals surface area contributed by atoms with Crippen molar-refractivity contribution >= 4 is 34.9 Å². The van der Waals surface area contributed by atoms with Crippen LogP contribution in [0.4, 0.5) is 16.2 Å². The first-order chi connectivity index (χ1) is 13.1. The number of hydrogen-bond acceptors (Lipinski definition) is 2. The van der Waals surface area contributed by atoms with Gasteiger partial charge in [0.25, 0.3) is 5.91 Å². The maximum Gasteiger partial charge on any atom is 0.323 e. The van der Waals surface area contributed by atoms with Crippen molar-refractivity contribution in [3.63, 3.8) is 0 Å². The van der Waals surface area contributed by atoms with E-state index in [4.69, 9.17) is 11.6 Å². The summed E-state index contributed by atoms with van der Waals surface area (Å²) >= 11 is 6.05. The van der Waals surface area contributed by atoms with Gasteiger partial charge in [0.15, 0.2) is 0 Å². The van der Waals surface area contributed by atoms with Gasteiger partial charge in [0.05, 0.1) is 10.7 Å². The van der Waals surface area contributed by atoms with Gasteiger partial charge in [0, 0.05) is 17.8 Å². The van der Waals surface area contributed by atoms with Gasteiger partial charge in [-0.05, 0) is 47.0 Å². The monoisotopic (exact) mass is 377 g/mol. The number of fused-ring (bicyclic) bond motifs is 1. The second kappa shape index (κ2) is 7.13. The first-order valence-corrected chi connectivity index (χ1v) is 8.83. The molecule has 0 radical (unpaired) electrons. The summed E-state index contributed by atoms with van der Waals surface area (Å²) < 4.78 is 0. The average molecular weight is 378 g/mol. The molecule has 1 heterocycles. The summed E-state index contributed by atoms with van der Waals surface area (Å²) in [4.78, 5) is 24.0. The Bertz CT molecular complexity index is 1030. The van der Waals surface area contributed by atoms with E-state index in [1.807, 2.05) is 42.5 Å². The van der Waals surface area contributed by atoms with Crippen LogP contribution in [0.15, 0.2) is 66.7 Å². The summed E-state index contributed by atoms with van der Waals surface area (Å²) in [5.74, 6) is -0.0404. The molecule has 1 aliphatic heterocycles. The fourth-order valence-corrected chi connectivity index (χ4v) is 3.29. The van der Waals surface area contributed by atoms with Gasteiger partial charge < -0.3 is 16.0 Å². The van der Waals surface area contributed by atoms with Crippen LogP contribution >= 0.6 is 11.6 Å². The quantitative estimate of drug-likeness (QED) is 0.608. The molecule has 0 saturated heterocycles. The van der Waals surface area contributed by atoms with Crippen LogP contribution in [0.3, 0.4) is 0 Å². The average Bonchev–Trinajstić information content (AvgIpc) is 3.06. The normalized spacial score (nSPS) is 12.3. The molecule has 0 unspecified atom stereocenters. The minimum absolute atomic E-state index is 0.0404. The third-order valence-electron chi connectivity index (χ3n) is 4.42. The molecule has 4 rings (SSSR count). The Hall–Kier alpha value is -3.31. The van der Waals surface area contributed by atoms with Crippen LogP contribution in [0.5, 0.6) is 0 Å². The summed E-state index contributed by atoms with van der Waals surface area (Å²) in [7, 11) is 0. The topological polar surface area (TPSA) is 70.2 Å². The molecule has 134 valence electrons. The van der Waals surface area contributed by atoms with Gasteiger partial charge in [-0.1, -0.05) is 48.0 Å². The molecule has 3 aromatic rings. The van der Waals surface area contributed by atoms with Crippen molar-refractivity contribution in [2.75, 3.05) is 10.6 Å². The summed E-state index contributed by atoms with van der Waals surface area (Å²) in [6.45, 7) is 0.532. The summed E-state index contributed by atoms with van der Waals surface area (Å²) in [6.07, 6.45) is 0. The zero-order valence-electron chi connectivity index (χ0n) is 14.3. The van der Waals surface area contributed by atoms with E-state index in [0.29, 0.717) is 28.5 Å². The standard InChI is InChI=1S/C21H16ClN3O2/c22-18-6-1-2-7-19(18)25-21(27)24-14-10-8-13(9-11-14)15-4-3-5-16-17(15)12-23-20(16)26/h1-11H,12H2,(H,23,26)(H2,24,25,27). The molecule has 0 bridgehead atoms. The highest BCUT2D eigenvalue weighted by Gasteiger charge is 2.21. The van der Waals surface area contributed by atoms with Crippen molar-refractivity contribution in [2.24, 2.45) is 0 Å². The molecular formula is C21H16ClN3O2. The Morgan fingerprint density at radius 2 is 1.63 bits per heavy atom. The van der Waals surface area contributed by atoms with Crippen LogP contribution in [0.1, 0.15) is 15.9 Å². The number of benzene rings is 3. The van der Waals surface area contributed by atoms with Crippen LogP contribution in [-0.4, -0.2) is 11.9 Å². The highest BCUT2D eigenvalue weighted by molar-refractivity contribution is 6.33. The Kier molecular flexibility index (Phi) is 4.52. The van der Waals surface area contributed by atoms with Crippen LogP contribution in [-0.2, 0) is 6.54 Å². The fraction of sp³-hybridized carbons (Fsp3) is 0.0476. The lowest BCUT2D eigenvalue weighted by Gasteiger charge is -2.11. The molecule has 5 nitrogen and oxygen atoms in total. The van der Waals surface area contributed by atoms with Gasteiger partial charge in [-0.25, -0.2) is 4.79 Å². The number of halogens is 1. The van der Waals surface area contributed by atoms with Gasteiger partial charge in [-0.15, -0.1) is 0 Å². The number of nitrogens with one attached hydrogen (secondary N) is 3. The molecule has 27 heavy (non-hydrogen) atoms. The van der Waals surface area contributed by atoms with E-state index < -0.39 is 0 Å². The van der Waals surface area contributed by atoms with Crippen molar-refractivity contribution in [2.45, 2.75) is 6.54 Å². The predicted molar refractivity (Wildman–Crippen MR) is 107 cm³/mol. The third-order valence-corrected chi connectivity index (χ3v) is 4.75. The van der Waals surface area contributed by atoms with Crippen molar-refractivity contribution in [3.05, 3.63) is 82.9 Å². The molecular weight excluding hydrogens is 362 g/mol. The number of urea groups is 1. The Balaban J connectivity index is 1.49. The third kappa shape index (κ3) is 3.50. The van der Waals surface area contributed by atoms with Gasteiger partial charge >= 0.3 is 6.03 Å². The summed E-state index contributed by atoms with van der Waals surface area (Å²) in [5, 5.41) is 8.82. The van der Waals surface area contributed by atoms with Crippen LogP contribution in [0.2, 0.25) is 5.02 Å². The molecule has 6 heteroatoms. The minimum Gasteiger partial charge on any atom is -0.348 e. The van der Waals surface area contributed by atoms with E-state index in [1.54, 1.807) is 24.3 Å². The molecule has 0 aromatic heterocycles. The van der Waals surface area contributed by atoms with Gasteiger partial charge in [-0.3, -0.25) is 4.79 Å². The van der Waals surface area contributed by atoms with Crippen molar-refractivity contribution < 1.29 is 9.59 Å². The number of anilines is 2. The van der Waals surface area contributed by atoms with Gasteiger partial charge in [0.1, 0.15) is 0 Å². The molecule has 0 saturated carbocycles. The fourth-order valence-electron chi connectivity index (χ4n) is 3.10. The lowest BCUT2D eigenvalue weighted by atomic mass is 9.97. The van der Waals surface area contributed by atoms with Crippen LogP contribution in [0, 0.1) is 0 Å². The summed E-state index contributed by atoms with van der Waals surface area (Å²) in [5.41, 5.74) is 4.92. The molecule has 3 amide bonds. The maximum absolute atomic E-state index is 12.2. The van der Waals surface area contributed by atoms with Crippen molar-refractivity contribution in [3.8, 4) is 11.1 Å². The van der Waals surface area contributed by atoms with Crippen LogP contribution < -0.4 is 16.0 Å². The van der Waals surface area contributed by atoms with Crippen LogP contribution in [0.25, 0.3) is 11.1 Å². The highest BCUT2D eigenvalue weighted by Crippen LogP contribution is 2.30. The largest absolute Gasteiger partial charge is 0.348 e. The summed E-state index contributed by atoms with van der Waals surface area (Å²) in [6, 6.07) is 19.9. The first-order valence-electron chi connectivity index (χ1n) is 8.45. The van der Waals surface area contributed by atoms with E-state index in [9.17, 15) is 9.59 Å². The zero-order chi connectivity index (χ0) is 18.8. The van der Waals surface area contributed by atoms with E-state index in [-0.39, 0.29) is 11.9 Å².